The first-order chi connectivity index (χ1) is 8.88. The van der Waals surface area contributed by atoms with Crippen molar-refractivity contribution in [3.63, 3.8) is 0 Å². The summed E-state index contributed by atoms with van der Waals surface area (Å²) in [6.45, 7) is 5.60. The Hall–Kier alpha value is -1.39. The van der Waals surface area contributed by atoms with Crippen molar-refractivity contribution in [1.82, 2.24) is 4.90 Å². The van der Waals surface area contributed by atoms with Gasteiger partial charge in [0, 0.05) is 25.8 Å². The molecule has 0 aliphatic carbocycles. The fourth-order valence-corrected chi connectivity index (χ4v) is 1.88. The van der Waals surface area contributed by atoms with Crippen LogP contribution in [0.1, 0.15) is 5.56 Å². The van der Waals surface area contributed by atoms with Gasteiger partial charge in [-0.1, -0.05) is 0 Å². The van der Waals surface area contributed by atoms with Crippen molar-refractivity contribution in [3.05, 3.63) is 29.8 Å². The molecule has 98 valence electrons. The van der Waals surface area contributed by atoms with Crippen molar-refractivity contribution in [3.8, 4) is 5.75 Å². The lowest BCUT2D eigenvalue weighted by molar-refractivity contribution is 0.0395. The van der Waals surface area contributed by atoms with E-state index in [1.165, 1.54) is 0 Å². The summed E-state index contributed by atoms with van der Waals surface area (Å²) >= 11 is 0. The Kier molecular flexibility index (Phi) is 5.17. The Morgan fingerprint density at radius 3 is 2.67 bits per heavy atom. The van der Waals surface area contributed by atoms with E-state index < -0.39 is 0 Å². The molecular formula is C14H20N2O2. The van der Waals surface area contributed by atoms with Crippen LogP contribution < -0.4 is 4.74 Å². The second kappa shape index (κ2) is 7.13. The molecule has 0 saturated carbocycles. The molecule has 0 amide bonds. The third kappa shape index (κ3) is 4.13. The molecule has 1 aromatic carbocycles. The van der Waals surface area contributed by atoms with Crippen LogP contribution in [0.2, 0.25) is 0 Å². The van der Waals surface area contributed by atoms with Crippen LogP contribution in [0.15, 0.2) is 29.3 Å². The largest absolute Gasteiger partial charge is 0.497 e. The molecule has 0 radical (unpaired) electrons. The van der Waals surface area contributed by atoms with Gasteiger partial charge in [0.1, 0.15) is 5.75 Å². The molecule has 0 bridgehead atoms. The summed E-state index contributed by atoms with van der Waals surface area (Å²) in [5, 5.41) is 0. The van der Waals surface area contributed by atoms with Crippen LogP contribution in [-0.4, -0.2) is 57.6 Å². The fraction of sp³-hybridized carbons (Fsp3) is 0.500. The van der Waals surface area contributed by atoms with Gasteiger partial charge in [-0.2, -0.15) is 0 Å². The minimum absolute atomic E-state index is 0.839. The molecule has 0 atom stereocenters. The maximum atomic E-state index is 5.31. The Morgan fingerprint density at radius 2 is 2.00 bits per heavy atom. The zero-order valence-corrected chi connectivity index (χ0v) is 10.8. The average Bonchev–Trinajstić information content (AvgIpc) is 2.45. The minimum Gasteiger partial charge on any atom is -0.497 e. The summed E-state index contributed by atoms with van der Waals surface area (Å²) in [6.07, 6.45) is 1.92. The van der Waals surface area contributed by atoms with Gasteiger partial charge >= 0.3 is 0 Å². The number of morpholine rings is 1. The molecule has 1 saturated heterocycles. The highest BCUT2D eigenvalue weighted by Gasteiger charge is 2.08. The normalized spacial score (nSPS) is 17.2. The standard InChI is InChI=1S/C14H20N2O2/c1-17-14-4-2-13(3-5-14)12-15-6-7-16-8-10-18-11-9-16/h2-5,12H,6-11H2,1H3. The third-order valence-electron chi connectivity index (χ3n) is 3.01. The molecule has 0 spiro atoms. The topological polar surface area (TPSA) is 34.1 Å². The van der Waals surface area contributed by atoms with E-state index in [4.69, 9.17) is 9.47 Å². The second-order valence-corrected chi connectivity index (χ2v) is 4.26. The number of methoxy groups -OCH3 is 1. The lowest BCUT2D eigenvalue weighted by Crippen LogP contribution is -2.37. The molecule has 1 heterocycles. The average molecular weight is 248 g/mol. The van der Waals surface area contributed by atoms with E-state index in [2.05, 4.69) is 9.89 Å². The Balaban J connectivity index is 1.72. The predicted octanol–water partition coefficient (Wildman–Crippen LogP) is 1.45. The van der Waals surface area contributed by atoms with E-state index in [0.29, 0.717) is 0 Å². The van der Waals surface area contributed by atoms with Crippen LogP contribution in [0.5, 0.6) is 5.75 Å². The predicted molar refractivity (Wildman–Crippen MR) is 72.7 cm³/mol. The maximum Gasteiger partial charge on any atom is 0.118 e. The number of benzene rings is 1. The van der Waals surface area contributed by atoms with E-state index >= 15 is 0 Å². The highest BCUT2D eigenvalue weighted by atomic mass is 16.5. The van der Waals surface area contributed by atoms with E-state index in [-0.39, 0.29) is 0 Å². The molecule has 1 aromatic rings. The first-order valence-corrected chi connectivity index (χ1v) is 6.32. The van der Waals surface area contributed by atoms with Gasteiger partial charge in [-0.3, -0.25) is 9.89 Å². The van der Waals surface area contributed by atoms with Gasteiger partial charge in [0.15, 0.2) is 0 Å². The summed E-state index contributed by atoms with van der Waals surface area (Å²) in [4.78, 5) is 6.83. The number of aliphatic imine (C=N–C) groups is 1. The molecule has 0 N–H and O–H groups in total. The zero-order chi connectivity index (χ0) is 12.6. The number of hydrogen-bond acceptors (Lipinski definition) is 4. The van der Waals surface area contributed by atoms with Crippen LogP contribution in [0.4, 0.5) is 0 Å². The quantitative estimate of drug-likeness (QED) is 0.740. The van der Waals surface area contributed by atoms with Crippen molar-refractivity contribution < 1.29 is 9.47 Å². The van der Waals surface area contributed by atoms with Crippen LogP contribution in [0.3, 0.4) is 0 Å². The zero-order valence-electron chi connectivity index (χ0n) is 10.8. The maximum absolute atomic E-state index is 5.31. The summed E-state index contributed by atoms with van der Waals surface area (Å²) in [7, 11) is 1.67. The molecule has 1 aliphatic rings. The van der Waals surface area contributed by atoms with Gasteiger partial charge in [-0.25, -0.2) is 0 Å². The molecule has 4 heteroatoms. The van der Waals surface area contributed by atoms with Crippen molar-refractivity contribution in [2.45, 2.75) is 0 Å². The monoisotopic (exact) mass is 248 g/mol. The lowest BCUT2D eigenvalue weighted by Gasteiger charge is -2.25. The molecule has 1 fully saturated rings. The SMILES string of the molecule is COc1ccc(C=NCCN2CCOCC2)cc1. The Labute approximate surface area is 108 Å². The van der Waals surface area contributed by atoms with Gasteiger partial charge in [0.25, 0.3) is 0 Å². The molecule has 0 unspecified atom stereocenters. The minimum atomic E-state index is 0.839. The third-order valence-corrected chi connectivity index (χ3v) is 3.01. The Bertz CT molecular complexity index is 370. The van der Waals surface area contributed by atoms with Gasteiger partial charge in [-0.05, 0) is 29.8 Å². The van der Waals surface area contributed by atoms with E-state index in [1.54, 1.807) is 7.11 Å². The molecule has 0 aromatic heterocycles. The number of ether oxygens (including phenoxy) is 2. The van der Waals surface area contributed by atoms with Gasteiger partial charge in [-0.15, -0.1) is 0 Å². The van der Waals surface area contributed by atoms with Gasteiger partial charge in [0.2, 0.25) is 0 Å². The molecule has 18 heavy (non-hydrogen) atoms. The summed E-state index contributed by atoms with van der Waals surface area (Å²) < 4.78 is 10.4. The smallest absolute Gasteiger partial charge is 0.118 e. The van der Waals surface area contributed by atoms with Gasteiger partial charge < -0.3 is 9.47 Å². The molecule has 4 nitrogen and oxygen atoms in total. The van der Waals surface area contributed by atoms with Crippen molar-refractivity contribution >= 4 is 6.21 Å². The first kappa shape index (κ1) is 13.1. The van der Waals surface area contributed by atoms with Crippen molar-refractivity contribution in [1.29, 1.82) is 0 Å². The summed E-state index contributed by atoms with van der Waals surface area (Å²) in [5.41, 5.74) is 1.11. The first-order valence-electron chi connectivity index (χ1n) is 6.32. The summed E-state index contributed by atoms with van der Waals surface area (Å²) in [6, 6.07) is 7.92. The van der Waals surface area contributed by atoms with Gasteiger partial charge in [0.05, 0.1) is 26.9 Å². The fourth-order valence-electron chi connectivity index (χ4n) is 1.88. The summed E-state index contributed by atoms with van der Waals surface area (Å²) in [5.74, 6) is 0.875. The van der Waals surface area contributed by atoms with Crippen molar-refractivity contribution in [2.75, 3.05) is 46.5 Å². The molecular weight excluding hydrogens is 228 g/mol. The van der Waals surface area contributed by atoms with Crippen LogP contribution >= 0.6 is 0 Å². The number of nitrogens with zero attached hydrogens (tertiary/aromatic N) is 2. The number of rotatable bonds is 5. The van der Waals surface area contributed by atoms with E-state index in [9.17, 15) is 0 Å². The van der Waals surface area contributed by atoms with E-state index in [0.717, 1.165) is 50.7 Å². The molecule has 2 rings (SSSR count). The molecule has 1 aliphatic heterocycles. The van der Waals surface area contributed by atoms with Crippen LogP contribution in [-0.2, 0) is 4.74 Å². The highest BCUT2D eigenvalue weighted by molar-refractivity contribution is 5.79. The van der Waals surface area contributed by atoms with Crippen LogP contribution in [0, 0.1) is 0 Å². The second-order valence-electron chi connectivity index (χ2n) is 4.26. The Morgan fingerprint density at radius 1 is 1.28 bits per heavy atom. The van der Waals surface area contributed by atoms with Crippen LogP contribution in [0.25, 0.3) is 0 Å². The number of hydrogen-bond donors (Lipinski definition) is 0. The van der Waals surface area contributed by atoms with Crippen molar-refractivity contribution in [2.24, 2.45) is 4.99 Å². The highest BCUT2D eigenvalue weighted by Crippen LogP contribution is 2.09. The van der Waals surface area contributed by atoms with E-state index in [1.807, 2.05) is 30.5 Å². The lowest BCUT2D eigenvalue weighted by atomic mass is 10.2.